The van der Waals surface area contributed by atoms with Gasteiger partial charge in [0.1, 0.15) is 11.6 Å². The zero-order chi connectivity index (χ0) is 16.9. The maximum absolute atomic E-state index is 12.9. The van der Waals surface area contributed by atoms with E-state index in [1.165, 1.54) is 17.7 Å². The predicted octanol–water partition coefficient (Wildman–Crippen LogP) is 4.59. The Labute approximate surface area is 140 Å². The predicted molar refractivity (Wildman–Crippen MR) is 95.0 cm³/mol. The fraction of sp³-hybridized carbons (Fsp3) is 0.158. The Morgan fingerprint density at radius 3 is 2.33 bits per heavy atom. The molecule has 0 fully saturated rings. The summed E-state index contributed by atoms with van der Waals surface area (Å²) in [6.07, 6.45) is 0. The Hall–Kier alpha value is -2.95. The summed E-state index contributed by atoms with van der Waals surface area (Å²) in [5.74, 6) is 1.03. The first kappa shape index (κ1) is 15.9. The molecule has 4 nitrogen and oxygen atoms in total. The molecule has 1 heterocycles. The van der Waals surface area contributed by atoms with E-state index in [2.05, 4.69) is 27.5 Å². The lowest BCUT2D eigenvalue weighted by Gasteiger charge is -2.10. The minimum Gasteiger partial charge on any atom is -0.350 e. The lowest BCUT2D eigenvalue weighted by molar-refractivity contribution is 0.627. The molecular formula is C19H19FN4. The van der Waals surface area contributed by atoms with Gasteiger partial charge in [0.25, 0.3) is 0 Å². The molecule has 0 radical (unpaired) electrons. The number of rotatable bonds is 5. The molecule has 0 spiro atoms. The molecule has 0 unspecified atom stereocenters. The SMILES string of the molecule is Cc1ccc(Nc2cc(C)nc(NCc3ccc(F)cc3)n2)cc1. The van der Waals surface area contributed by atoms with Crippen molar-refractivity contribution in [2.75, 3.05) is 10.6 Å². The summed E-state index contributed by atoms with van der Waals surface area (Å²) in [6, 6.07) is 16.4. The third-order valence-electron chi connectivity index (χ3n) is 3.54. The van der Waals surface area contributed by atoms with Gasteiger partial charge < -0.3 is 10.6 Å². The van der Waals surface area contributed by atoms with Crippen molar-refractivity contribution >= 4 is 17.5 Å². The fourth-order valence-electron chi connectivity index (χ4n) is 2.28. The van der Waals surface area contributed by atoms with Gasteiger partial charge in [-0.1, -0.05) is 29.8 Å². The minimum atomic E-state index is -0.241. The zero-order valence-electron chi connectivity index (χ0n) is 13.7. The van der Waals surface area contributed by atoms with E-state index in [9.17, 15) is 4.39 Å². The number of hydrogen-bond donors (Lipinski definition) is 2. The maximum atomic E-state index is 12.9. The second-order valence-electron chi connectivity index (χ2n) is 5.69. The minimum absolute atomic E-state index is 0.241. The summed E-state index contributed by atoms with van der Waals surface area (Å²) in [5.41, 5.74) is 4.01. The Kier molecular flexibility index (Phi) is 4.70. The molecule has 1 aromatic heterocycles. The van der Waals surface area contributed by atoms with Crippen LogP contribution in [-0.2, 0) is 6.54 Å². The van der Waals surface area contributed by atoms with E-state index in [0.29, 0.717) is 12.5 Å². The number of nitrogens with one attached hydrogen (secondary N) is 2. The van der Waals surface area contributed by atoms with Crippen molar-refractivity contribution in [1.29, 1.82) is 0 Å². The average molecular weight is 322 g/mol. The summed E-state index contributed by atoms with van der Waals surface area (Å²) in [5, 5.41) is 6.45. The Bertz CT molecular complexity index is 814. The van der Waals surface area contributed by atoms with Crippen LogP contribution in [0.5, 0.6) is 0 Å². The summed E-state index contributed by atoms with van der Waals surface area (Å²) in [4.78, 5) is 8.86. The standard InChI is InChI=1S/C19H19FN4/c1-13-3-9-17(10-4-13)23-18-11-14(2)22-19(24-18)21-12-15-5-7-16(20)8-6-15/h3-11H,12H2,1-2H3,(H2,21,22,23,24). The lowest BCUT2D eigenvalue weighted by atomic mass is 10.2. The molecule has 0 aliphatic carbocycles. The third-order valence-corrected chi connectivity index (χ3v) is 3.54. The van der Waals surface area contributed by atoms with E-state index >= 15 is 0 Å². The number of hydrogen-bond acceptors (Lipinski definition) is 4. The molecule has 0 aliphatic rings. The monoisotopic (exact) mass is 322 g/mol. The summed E-state index contributed by atoms with van der Waals surface area (Å²) in [7, 11) is 0. The molecule has 0 atom stereocenters. The number of anilines is 3. The van der Waals surface area contributed by atoms with Gasteiger partial charge in [0.15, 0.2) is 0 Å². The van der Waals surface area contributed by atoms with Gasteiger partial charge in [-0.25, -0.2) is 9.37 Å². The molecule has 0 bridgehead atoms. The Morgan fingerprint density at radius 1 is 0.917 bits per heavy atom. The van der Waals surface area contributed by atoms with Gasteiger partial charge in [0, 0.05) is 24.0 Å². The van der Waals surface area contributed by atoms with Crippen LogP contribution in [0, 0.1) is 19.7 Å². The van der Waals surface area contributed by atoms with Crippen LogP contribution in [0.3, 0.4) is 0 Å². The van der Waals surface area contributed by atoms with Crippen LogP contribution >= 0.6 is 0 Å². The Balaban J connectivity index is 1.71. The first-order valence-electron chi connectivity index (χ1n) is 7.76. The quantitative estimate of drug-likeness (QED) is 0.721. The number of nitrogens with zero attached hydrogens (tertiary/aromatic N) is 2. The van der Waals surface area contributed by atoms with Crippen LogP contribution in [0.15, 0.2) is 54.6 Å². The van der Waals surface area contributed by atoms with E-state index < -0.39 is 0 Å². The summed E-state index contributed by atoms with van der Waals surface area (Å²) >= 11 is 0. The van der Waals surface area contributed by atoms with Gasteiger partial charge >= 0.3 is 0 Å². The normalized spacial score (nSPS) is 10.5. The molecule has 122 valence electrons. The summed E-state index contributed by atoms with van der Waals surface area (Å²) in [6.45, 7) is 4.51. The van der Waals surface area contributed by atoms with Gasteiger partial charge in [-0.05, 0) is 43.7 Å². The van der Waals surface area contributed by atoms with Gasteiger partial charge in [-0.2, -0.15) is 4.98 Å². The number of aromatic nitrogens is 2. The number of benzene rings is 2. The molecular weight excluding hydrogens is 303 g/mol. The van der Waals surface area contributed by atoms with Crippen LogP contribution in [0.4, 0.5) is 21.8 Å². The highest BCUT2D eigenvalue weighted by molar-refractivity contribution is 5.57. The molecule has 3 aromatic rings. The fourth-order valence-corrected chi connectivity index (χ4v) is 2.28. The zero-order valence-corrected chi connectivity index (χ0v) is 13.7. The van der Waals surface area contributed by atoms with Crippen molar-refractivity contribution in [2.45, 2.75) is 20.4 Å². The summed E-state index contributed by atoms with van der Waals surface area (Å²) < 4.78 is 12.9. The number of halogens is 1. The largest absolute Gasteiger partial charge is 0.350 e. The van der Waals surface area contributed by atoms with Gasteiger partial charge in [0.05, 0.1) is 0 Å². The van der Waals surface area contributed by atoms with Crippen LogP contribution < -0.4 is 10.6 Å². The highest BCUT2D eigenvalue weighted by atomic mass is 19.1. The smallest absolute Gasteiger partial charge is 0.225 e. The van der Waals surface area contributed by atoms with Gasteiger partial charge in [0.2, 0.25) is 5.95 Å². The molecule has 0 saturated carbocycles. The highest BCUT2D eigenvalue weighted by Gasteiger charge is 2.03. The van der Waals surface area contributed by atoms with Gasteiger partial charge in [-0.3, -0.25) is 0 Å². The van der Waals surface area contributed by atoms with Gasteiger partial charge in [-0.15, -0.1) is 0 Å². The van der Waals surface area contributed by atoms with Crippen molar-refractivity contribution < 1.29 is 4.39 Å². The average Bonchev–Trinajstić information content (AvgIpc) is 2.56. The van der Waals surface area contributed by atoms with E-state index in [0.717, 1.165) is 22.8 Å². The first-order chi connectivity index (χ1) is 11.6. The van der Waals surface area contributed by atoms with Crippen LogP contribution in [-0.4, -0.2) is 9.97 Å². The molecule has 24 heavy (non-hydrogen) atoms. The van der Waals surface area contributed by atoms with Crippen molar-refractivity contribution in [2.24, 2.45) is 0 Å². The topological polar surface area (TPSA) is 49.8 Å². The second-order valence-corrected chi connectivity index (χ2v) is 5.69. The van der Waals surface area contributed by atoms with E-state index in [4.69, 9.17) is 0 Å². The first-order valence-corrected chi connectivity index (χ1v) is 7.76. The molecule has 0 amide bonds. The molecule has 3 rings (SSSR count). The number of aryl methyl sites for hydroxylation is 2. The van der Waals surface area contributed by atoms with Crippen LogP contribution in [0.1, 0.15) is 16.8 Å². The molecule has 2 N–H and O–H groups in total. The van der Waals surface area contributed by atoms with Crippen molar-refractivity contribution in [1.82, 2.24) is 9.97 Å². The highest BCUT2D eigenvalue weighted by Crippen LogP contribution is 2.17. The lowest BCUT2D eigenvalue weighted by Crippen LogP contribution is -2.06. The molecule has 5 heteroatoms. The molecule has 2 aromatic carbocycles. The van der Waals surface area contributed by atoms with Crippen LogP contribution in [0.25, 0.3) is 0 Å². The second kappa shape index (κ2) is 7.08. The molecule has 0 aliphatic heterocycles. The van der Waals surface area contributed by atoms with E-state index in [1.807, 2.05) is 37.3 Å². The molecule has 0 saturated heterocycles. The maximum Gasteiger partial charge on any atom is 0.225 e. The van der Waals surface area contributed by atoms with E-state index in [-0.39, 0.29) is 5.82 Å². The third kappa shape index (κ3) is 4.29. The van der Waals surface area contributed by atoms with Crippen molar-refractivity contribution in [3.63, 3.8) is 0 Å². The van der Waals surface area contributed by atoms with Crippen molar-refractivity contribution in [3.8, 4) is 0 Å². The van der Waals surface area contributed by atoms with Crippen molar-refractivity contribution in [3.05, 3.63) is 77.2 Å². The van der Waals surface area contributed by atoms with E-state index in [1.54, 1.807) is 12.1 Å². The van der Waals surface area contributed by atoms with Crippen LogP contribution in [0.2, 0.25) is 0 Å². The Morgan fingerprint density at radius 2 is 1.62 bits per heavy atom.